The van der Waals surface area contributed by atoms with E-state index < -0.39 is 0 Å². The Kier molecular flexibility index (Phi) is 9.23. The van der Waals surface area contributed by atoms with E-state index in [0.717, 1.165) is 58.8 Å². The van der Waals surface area contributed by atoms with Crippen LogP contribution in [0.15, 0.2) is 72.1 Å². The Morgan fingerprint density at radius 3 is 2.55 bits per heavy atom. The van der Waals surface area contributed by atoms with Gasteiger partial charge in [0.25, 0.3) is 0 Å². The molecular formula is C31H34N4O3S2. The lowest BCUT2D eigenvalue weighted by Crippen LogP contribution is -2.42. The number of thiophene rings is 1. The summed E-state index contributed by atoms with van der Waals surface area (Å²) in [4.78, 5) is 29.7. The number of methoxy groups -OCH3 is 1. The molecule has 9 heteroatoms. The van der Waals surface area contributed by atoms with Crippen LogP contribution in [0.3, 0.4) is 0 Å². The molecular weight excluding hydrogens is 541 g/mol. The minimum Gasteiger partial charge on any atom is -0.497 e. The zero-order valence-corrected chi connectivity index (χ0v) is 24.5. The van der Waals surface area contributed by atoms with E-state index in [2.05, 4.69) is 23.7 Å². The van der Waals surface area contributed by atoms with E-state index in [9.17, 15) is 9.59 Å². The van der Waals surface area contributed by atoms with Gasteiger partial charge in [0.1, 0.15) is 18.1 Å². The lowest BCUT2D eigenvalue weighted by Gasteiger charge is -2.23. The number of aromatic nitrogens is 2. The van der Waals surface area contributed by atoms with Crippen LogP contribution in [-0.4, -0.2) is 47.5 Å². The molecule has 1 atom stereocenters. The molecule has 5 rings (SSSR count). The van der Waals surface area contributed by atoms with E-state index in [1.54, 1.807) is 35.1 Å². The largest absolute Gasteiger partial charge is 0.497 e. The Balaban J connectivity index is 1.63. The highest BCUT2D eigenvalue weighted by Gasteiger charge is 2.38. The number of nitrogens with zero attached hydrogens (tertiary/aromatic N) is 3. The highest BCUT2D eigenvalue weighted by molar-refractivity contribution is 8.00. The number of rotatable bonds is 11. The van der Waals surface area contributed by atoms with Crippen LogP contribution in [0, 0.1) is 0 Å². The molecule has 7 nitrogen and oxygen atoms in total. The summed E-state index contributed by atoms with van der Waals surface area (Å²) in [6.07, 6.45) is 4.29. The van der Waals surface area contributed by atoms with Crippen molar-refractivity contribution in [2.24, 2.45) is 0 Å². The number of thioether (sulfide) groups is 1. The summed E-state index contributed by atoms with van der Waals surface area (Å²) < 4.78 is 7.20. The van der Waals surface area contributed by atoms with Gasteiger partial charge < -0.3 is 10.1 Å². The van der Waals surface area contributed by atoms with Gasteiger partial charge >= 0.3 is 0 Å². The van der Waals surface area contributed by atoms with E-state index in [4.69, 9.17) is 9.84 Å². The standard InChI is InChI=1S/C31H34N4O3S2/c1-3-4-5-9-18-32-26(36)20-34-27(37)21-40-30(25-13-10-19-39-25)28-29(22-11-7-6-8-12-22)33-35(31(28)34)23-14-16-24(38-2)17-15-23/h6-8,10-17,19,30H,3-5,9,18,20-21H2,1-2H3,(H,32,36). The highest BCUT2D eigenvalue weighted by atomic mass is 32.2. The molecule has 0 spiro atoms. The van der Waals surface area contributed by atoms with Crippen molar-refractivity contribution in [2.45, 2.75) is 37.9 Å². The van der Waals surface area contributed by atoms with Crippen LogP contribution in [0.1, 0.15) is 48.3 Å². The molecule has 2 amide bonds. The molecule has 4 aromatic rings. The second-order valence-electron chi connectivity index (χ2n) is 9.66. The second-order valence-corrected chi connectivity index (χ2v) is 11.7. The maximum atomic E-state index is 13.7. The summed E-state index contributed by atoms with van der Waals surface area (Å²) in [5.41, 5.74) is 3.49. The fourth-order valence-electron chi connectivity index (χ4n) is 4.88. The van der Waals surface area contributed by atoms with Gasteiger partial charge in [0, 0.05) is 22.5 Å². The Bertz CT molecular complexity index is 1420. The average Bonchev–Trinajstić information content (AvgIpc) is 3.63. The van der Waals surface area contributed by atoms with E-state index in [0.29, 0.717) is 12.4 Å². The maximum Gasteiger partial charge on any atom is 0.240 e. The van der Waals surface area contributed by atoms with Gasteiger partial charge in [-0.3, -0.25) is 14.5 Å². The molecule has 1 N–H and O–H groups in total. The summed E-state index contributed by atoms with van der Waals surface area (Å²) in [5, 5.41) is 10.1. The molecule has 1 unspecified atom stereocenters. The molecule has 0 aliphatic carbocycles. The number of unbranched alkanes of at least 4 members (excludes halogenated alkanes) is 3. The first-order valence-electron chi connectivity index (χ1n) is 13.7. The van der Waals surface area contributed by atoms with E-state index in [1.807, 2.05) is 65.3 Å². The van der Waals surface area contributed by atoms with Gasteiger partial charge in [0.05, 0.1) is 29.5 Å². The van der Waals surface area contributed by atoms with Crippen molar-refractivity contribution in [3.8, 4) is 22.7 Å². The monoisotopic (exact) mass is 574 g/mol. The highest BCUT2D eigenvalue weighted by Crippen LogP contribution is 2.49. The normalized spacial score (nSPS) is 15.0. The first kappa shape index (κ1) is 28.0. The third kappa shape index (κ3) is 6.10. The van der Waals surface area contributed by atoms with Crippen molar-refractivity contribution in [2.75, 3.05) is 30.9 Å². The van der Waals surface area contributed by atoms with Gasteiger partial charge in [-0.05, 0) is 42.1 Å². The first-order chi connectivity index (χ1) is 19.6. The fourth-order valence-corrected chi connectivity index (χ4v) is 7.05. The second kappa shape index (κ2) is 13.2. The van der Waals surface area contributed by atoms with Crippen LogP contribution < -0.4 is 15.0 Å². The molecule has 0 bridgehead atoms. The lowest BCUT2D eigenvalue weighted by atomic mass is 10.0. The topological polar surface area (TPSA) is 76.5 Å². The van der Waals surface area contributed by atoms with E-state index in [1.165, 1.54) is 0 Å². The molecule has 1 aliphatic heterocycles. The van der Waals surface area contributed by atoms with Crippen LogP contribution in [0.25, 0.3) is 16.9 Å². The molecule has 0 fully saturated rings. The van der Waals surface area contributed by atoms with Crippen LogP contribution >= 0.6 is 23.1 Å². The summed E-state index contributed by atoms with van der Waals surface area (Å²) >= 11 is 3.25. The van der Waals surface area contributed by atoms with Gasteiger partial charge in [-0.25, -0.2) is 4.68 Å². The molecule has 3 heterocycles. The van der Waals surface area contributed by atoms with Crippen molar-refractivity contribution in [1.29, 1.82) is 0 Å². The lowest BCUT2D eigenvalue weighted by molar-refractivity contribution is -0.122. The summed E-state index contributed by atoms with van der Waals surface area (Å²) in [6.45, 7) is 2.71. The van der Waals surface area contributed by atoms with Crippen molar-refractivity contribution >= 4 is 40.7 Å². The predicted molar refractivity (Wildman–Crippen MR) is 164 cm³/mol. The zero-order valence-electron chi connectivity index (χ0n) is 22.8. The van der Waals surface area contributed by atoms with Gasteiger partial charge in [-0.1, -0.05) is 62.6 Å². The molecule has 0 saturated heterocycles. The predicted octanol–water partition coefficient (Wildman–Crippen LogP) is 6.48. The third-order valence-electron chi connectivity index (χ3n) is 6.91. The molecule has 1 aliphatic rings. The molecule has 40 heavy (non-hydrogen) atoms. The van der Waals surface area contributed by atoms with Crippen LogP contribution in [-0.2, 0) is 9.59 Å². The van der Waals surface area contributed by atoms with E-state index >= 15 is 0 Å². The summed E-state index contributed by atoms with van der Waals surface area (Å²) in [5.74, 6) is 1.35. The molecule has 0 radical (unpaired) electrons. The Morgan fingerprint density at radius 2 is 1.85 bits per heavy atom. The van der Waals surface area contributed by atoms with Crippen molar-refractivity contribution in [1.82, 2.24) is 15.1 Å². The summed E-state index contributed by atoms with van der Waals surface area (Å²) in [6, 6.07) is 21.8. The number of fused-ring (bicyclic) bond motifs is 1. The number of carbonyl (C=O) groups excluding carboxylic acids is 2. The molecule has 0 saturated carbocycles. The number of hydrogen-bond acceptors (Lipinski definition) is 6. The van der Waals surface area contributed by atoms with Crippen molar-refractivity contribution in [3.05, 3.63) is 82.6 Å². The Labute approximate surface area is 243 Å². The summed E-state index contributed by atoms with van der Waals surface area (Å²) in [7, 11) is 1.63. The van der Waals surface area contributed by atoms with Crippen LogP contribution in [0.2, 0.25) is 0 Å². The maximum absolute atomic E-state index is 13.7. The van der Waals surface area contributed by atoms with Gasteiger partial charge in [-0.15, -0.1) is 23.1 Å². The minimum absolute atomic E-state index is 0.0621. The number of amides is 2. The van der Waals surface area contributed by atoms with Gasteiger partial charge in [-0.2, -0.15) is 5.10 Å². The quantitative estimate of drug-likeness (QED) is 0.208. The first-order valence-corrected chi connectivity index (χ1v) is 15.6. The smallest absolute Gasteiger partial charge is 0.240 e. The van der Waals surface area contributed by atoms with Crippen LogP contribution in [0.4, 0.5) is 5.82 Å². The Morgan fingerprint density at radius 1 is 1.05 bits per heavy atom. The number of benzene rings is 2. The molecule has 208 valence electrons. The average molecular weight is 575 g/mol. The number of hydrogen-bond donors (Lipinski definition) is 1. The van der Waals surface area contributed by atoms with Crippen molar-refractivity contribution < 1.29 is 14.3 Å². The molecule has 2 aromatic heterocycles. The van der Waals surface area contributed by atoms with Gasteiger partial charge in [0.2, 0.25) is 11.8 Å². The van der Waals surface area contributed by atoms with Crippen molar-refractivity contribution in [3.63, 3.8) is 0 Å². The van der Waals surface area contributed by atoms with Gasteiger partial charge in [0.15, 0.2) is 0 Å². The minimum atomic E-state index is -0.167. The van der Waals surface area contributed by atoms with Crippen LogP contribution in [0.5, 0.6) is 5.75 Å². The number of carbonyl (C=O) groups is 2. The number of anilines is 1. The number of ether oxygens (including phenoxy) is 1. The SMILES string of the molecule is CCCCCCNC(=O)CN1C(=O)CSC(c2cccs2)c2c(-c3ccccc3)nn(-c3ccc(OC)cc3)c21. The number of nitrogens with one attached hydrogen (secondary N) is 1. The molecule has 2 aromatic carbocycles. The Hall–Kier alpha value is -3.56. The zero-order chi connectivity index (χ0) is 27.9. The third-order valence-corrected chi connectivity index (χ3v) is 9.23. The fraction of sp³-hybridized carbons (Fsp3) is 0.323. The van der Waals surface area contributed by atoms with E-state index in [-0.39, 0.29) is 29.4 Å².